The largest absolute Gasteiger partial charge is 0.866 e. The van der Waals surface area contributed by atoms with E-state index in [2.05, 4.69) is 0 Å². The van der Waals surface area contributed by atoms with Crippen molar-refractivity contribution in [3.63, 3.8) is 0 Å². The first kappa shape index (κ1) is 13.5. The van der Waals surface area contributed by atoms with Crippen molar-refractivity contribution in [2.24, 2.45) is 0 Å². The normalized spacial score (nSPS) is 10.8. The Labute approximate surface area is 134 Å². The fourth-order valence-corrected chi connectivity index (χ4v) is 2.79. The molecule has 0 aliphatic heterocycles. The topological polar surface area (TPSA) is 34.4 Å². The predicted molar refractivity (Wildman–Crippen MR) is 90.9 cm³/mol. The first-order valence-electron chi connectivity index (χ1n) is 7.51. The average molecular weight is 298 g/mol. The Bertz CT molecular complexity index is 961. The van der Waals surface area contributed by atoms with Gasteiger partial charge in [-0.05, 0) is 35.7 Å². The molecular weight excluding hydrogens is 284 g/mol. The molecule has 0 radical (unpaired) electrons. The van der Waals surface area contributed by atoms with Gasteiger partial charge < -0.3 is 5.11 Å². The van der Waals surface area contributed by atoms with Crippen molar-refractivity contribution in [1.29, 1.82) is 0 Å². The minimum atomic E-state index is -0.0773. The summed E-state index contributed by atoms with van der Waals surface area (Å²) in [5, 5.41) is 14.3. The zero-order chi connectivity index (χ0) is 15.6. The molecule has 1 aromatic heterocycles. The summed E-state index contributed by atoms with van der Waals surface area (Å²) in [5.41, 5.74) is 1.75. The molecule has 23 heavy (non-hydrogen) atoms. The Balaban J connectivity index is 2.08. The average Bonchev–Trinajstić information content (AvgIpc) is 2.64. The molecule has 2 heteroatoms. The highest BCUT2D eigenvalue weighted by Crippen LogP contribution is 2.40. The molecule has 0 saturated heterocycles. The van der Waals surface area contributed by atoms with Crippen LogP contribution in [0.3, 0.4) is 0 Å². The molecule has 0 atom stereocenters. The summed E-state index contributed by atoms with van der Waals surface area (Å²) in [6.07, 6.45) is 0. The van der Waals surface area contributed by atoms with Crippen molar-refractivity contribution in [2.75, 3.05) is 0 Å². The lowest BCUT2D eigenvalue weighted by atomic mass is 10.0. The second-order valence-electron chi connectivity index (χ2n) is 5.37. The lowest BCUT2D eigenvalue weighted by Gasteiger charge is -2.10. The van der Waals surface area contributed by atoms with Crippen molar-refractivity contribution >= 4 is 10.8 Å². The molecule has 0 fully saturated rings. The molecule has 0 aliphatic rings. The molecule has 2 nitrogen and oxygen atoms in total. The van der Waals surface area contributed by atoms with Crippen LogP contribution in [0.15, 0.2) is 89.3 Å². The number of fused-ring (bicyclic) bond motifs is 1. The van der Waals surface area contributed by atoms with Crippen molar-refractivity contribution in [3.05, 3.63) is 84.9 Å². The van der Waals surface area contributed by atoms with E-state index in [1.54, 1.807) is 0 Å². The molecule has 0 N–H and O–H groups in total. The molecule has 0 amide bonds. The lowest BCUT2D eigenvalue weighted by molar-refractivity contribution is -0.266. The predicted octanol–water partition coefficient (Wildman–Crippen LogP) is 5.12. The van der Waals surface area contributed by atoms with Crippen molar-refractivity contribution < 1.29 is 9.52 Å². The quantitative estimate of drug-likeness (QED) is 0.481. The molecule has 0 bridgehead atoms. The van der Waals surface area contributed by atoms with E-state index in [9.17, 15) is 5.11 Å². The summed E-state index contributed by atoms with van der Waals surface area (Å²) >= 11 is 0. The third-order valence-corrected chi connectivity index (χ3v) is 3.90. The van der Waals surface area contributed by atoms with E-state index in [4.69, 9.17) is 4.42 Å². The van der Waals surface area contributed by atoms with Gasteiger partial charge in [-0.15, -0.1) is 0 Å². The Kier molecular flexibility index (Phi) is 3.28. The maximum absolute atomic E-state index is 12.8. The van der Waals surface area contributed by atoms with Gasteiger partial charge in [0.2, 0.25) is 0 Å². The van der Waals surface area contributed by atoms with Gasteiger partial charge in [-0.2, -0.15) is 0 Å². The van der Waals surface area contributed by atoms with Crippen LogP contribution in [-0.2, 0) is 0 Å². The smallest absolute Gasteiger partial charge is 0.368 e. The molecule has 0 aliphatic carbocycles. The maximum Gasteiger partial charge on any atom is 0.368 e. The fourth-order valence-electron chi connectivity index (χ4n) is 2.79. The van der Waals surface area contributed by atoms with Crippen LogP contribution < -0.4 is 5.11 Å². The van der Waals surface area contributed by atoms with Crippen LogP contribution in [0, 0.1) is 0 Å². The molecule has 1 heterocycles. The minimum absolute atomic E-state index is 0.0773. The number of benzene rings is 3. The van der Waals surface area contributed by atoms with Gasteiger partial charge in [0.05, 0.1) is 16.5 Å². The van der Waals surface area contributed by atoms with Gasteiger partial charge in [0.1, 0.15) is 0 Å². The van der Waals surface area contributed by atoms with Crippen molar-refractivity contribution in [1.82, 2.24) is 0 Å². The first-order valence-corrected chi connectivity index (χ1v) is 7.51. The van der Waals surface area contributed by atoms with Crippen LogP contribution in [0.4, 0.5) is 0 Å². The molecule has 0 unspecified atom stereocenters. The molecule has 3 aromatic carbocycles. The summed E-state index contributed by atoms with van der Waals surface area (Å²) in [5.74, 6) is 1.02. The summed E-state index contributed by atoms with van der Waals surface area (Å²) in [6.45, 7) is 0. The highest BCUT2D eigenvalue weighted by Gasteiger charge is 2.23. The fraction of sp³-hybridized carbons (Fsp3) is 0. The van der Waals surface area contributed by atoms with Gasteiger partial charge in [-0.1, -0.05) is 54.6 Å². The van der Waals surface area contributed by atoms with Gasteiger partial charge in [0.15, 0.2) is 0 Å². The number of hydrogen-bond donors (Lipinski definition) is 0. The third kappa shape index (κ3) is 2.34. The molecule has 0 spiro atoms. The maximum atomic E-state index is 12.8. The highest BCUT2D eigenvalue weighted by molar-refractivity contribution is 5.99. The molecule has 4 aromatic rings. The van der Waals surface area contributed by atoms with Gasteiger partial charge in [0.25, 0.3) is 0 Å². The summed E-state index contributed by atoms with van der Waals surface area (Å²) in [6, 6.07) is 27.0. The van der Waals surface area contributed by atoms with Crippen LogP contribution in [-0.4, -0.2) is 0 Å². The monoisotopic (exact) mass is 298 g/mol. The standard InChI is InChI=1S/C21H14O2/c22-19-17-13-7-8-14-18(17)20(15-9-3-1-4-10-15)23-21(19)16-11-5-2-6-12-16/h1-14H. The molecule has 0 saturated carbocycles. The third-order valence-electron chi connectivity index (χ3n) is 3.90. The van der Waals surface area contributed by atoms with Gasteiger partial charge >= 0.3 is 11.5 Å². The number of rotatable bonds is 2. The molecule has 4 rings (SSSR count). The Morgan fingerprint density at radius 2 is 1.00 bits per heavy atom. The van der Waals surface area contributed by atoms with Crippen molar-refractivity contribution in [3.8, 4) is 28.4 Å². The van der Waals surface area contributed by atoms with E-state index in [1.807, 2.05) is 84.9 Å². The number of hydrogen-bond acceptors (Lipinski definition) is 1. The van der Waals surface area contributed by atoms with E-state index < -0.39 is 0 Å². The minimum Gasteiger partial charge on any atom is -0.866 e. The van der Waals surface area contributed by atoms with Crippen LogP contribution in [0.1, 0.15) is 0 Å². The SMILES string of the molecule is [O-]c1c(-c2ccccc2)[o+]c(-c2ccccc2)c2ccccc12. The summed E-state index contributed by atoms with van der Waals surface area (Å²) in [4.78, 5) is 0. The van der Waals surface area contributed by atoms with Crippen molar-refractivity contribution in [2.45, 2.75) is 0 Å². The first-order chi connectivity index (χ1) is 11.3. The van der Waals surface area contributed by atoms with E-state index >= 15 is 0 Å². The summed E-state index contributed by atoms with van der Waals surface area (Å²) in [7, 11) is 0. The van der Waals surface area contributed by atoms with Crippen LogP contribution >= 0.6 is 0 Å². The Morgan fingerprint density at radius 1 is 0.522 bits per heavy atom. The lowest BCUT2D eigenvalue weighted by Crippen LogP contribution is -1.97. The molecule has 110 valence electrons. The second kappa shape index (κ2) is 5.58. The van der Waals surface area contributed by atoms with Crippen LogP contribution in [0.2, 0.25) is 0 Å². The van der Waals surface area contributed by atoms with Crippen LogP contribution in [0.25, 0.3) is 33.4 Å². The zero-order valence-corrected chi connectivity index (χ0v) is 12.4. The highest BCUT2D eigenvalue weighted by atomic mass is 16.4. The van der Waals surface area contributed by atoms with E-state index in [1.165, 1.54) is 0 Å². The van der Waals surface area contributed by atoms with Gasteiger partial charge in [0, 0.05) is 5.75 Å². The second-order valence-corrected chi connectivity index (χ2v) is 5.37. The Hall–Kier alpha value is -3.13. The van der Waals surface area contributed by atoms with E-state index in [-0.39, 0.29) is 5.75 Å². The Morgan fingerprint density at radius 3 is 1.61 bits per heavy atom. The van der Waals surface area contributed by atoms with E-state index in [0.717, 1.165) is 22.3 Å². The van der Waals surface area contributed by atoms with E-state index in [0.29, 0.717) is 11.1 Å². The van der Waals surface area contributed by atoms with Gasteiger partial charge in [-0.3, -0.25) is 0 Å². The summed E-state index contributed by atoms with van der Waals surface area (Å²) < 4.78 is 6.08. The van der Waals surface area contributed by atoms with Gasteiger partial charge in [-0.25, -0.2) is 4.42 Å². The van der Waals surface area contributed by atoms with Crippen LogP contribution in [0.5, 0.6) is 5.75 Å². The molecular formula is C21H14O2. The zero-order valence-electron chi connectivity index (χ0n) is 12.4.